The molecule has 1 N–H and O–H groups in total. The van der Waals surface area contributed by atoms with E-state index >= 15 is 0 Å². The Morgan fingerprint density at radius 1 is 1.31 bits per heavy atom. The molecule has 0 aliphatic carbocycles. The van der Waals surface area contributed by atoms with E-state index in [0.29, 0.717) is 19.4 Å². The Morgan fingerprint density at radius 2 is 2.00 bits per heavy atom. The molecule has 0 radical (unpaired) electrons. The first-order chi connectivity index (χ1) is 7.55. The van der Waals surface area contributed by atoms with Crippen molar-refractivity contribution in [1.82, 2.24) is 4.90 Å². The van der Waals surface area contributed by atoms with Gasteiger partial charge in [0.15, 0.2) is 0 Å². The lowest BCUT2D eigenvalue weighted by Crippen LogP contribution is -2.33. The molecule has 0 saturated carbocycles. The summed E-state index contributed by atoms with van der Waals surface area (Å²) in [5.41, 5.74) is -0.655. The van der Waals surface area contributed by atoms with Crippen LogP contribution < -0.4 is 0 Å². The molecule has 1 heterocycles. The maximum atomic E-state index is 11.8. The number of carbonyl (C=O) groups excluding carboxylic acids is 1. The molecule has 3 heteroatoms. The summed E-state index contributed by atoms with van der Waals surface area (Å²) in [6.45, 7) is 5.24. The first-order valence-electron chi connectivity index (χ1n) is 6.55. The molecule has 1 aliphatic rings. The lowest BCUT2D eigenvalue weighted by molar-refractivity contribution is -0.131. The number of nitrogens with zero attached hydrogens (tertiary/aromatic N) is 1. The molecule has 16 heavy (non-hydrogen) atoms. The fourth-order valence-electron chi connectivity index (χ4n) is 2.20. The second kappa shape index (κ2) is 6.24. The molecular weight excluding hydrogens is 202 g/mol. The molecule has 1 rings (SSSR count). The molecule has 1 saturated heterocycles. The first kappa shape index (κ1) is 13.5. The first-order valence-corrected chi connectivity index (χ1v) is 6.55. The summed E-state index contributed by atoms with van der Waals surface area (Å²) in [7, 11) is 0. The largest absolute Gasteiger partial charge is 0.388 e. The number of aliphatic hydroxyl groups is 1. The molecule has 1 unspecified atom stereocenters. The van der Waals surface area contributed by atoms with Gasteiger partial charge in [-0.25, -0.2) is 0 Å². The van der Waals surface area contributed by atoms with Gasteiger partial charge in [-0.05, 0) is 19.8 Å². The molecule has 0 bridgehead atoms. The fraction of sp³-hybridized carbons (Fsp3) is 0.923. The second-order valence-corrected chi connectivity index (χ2v) is 5.23. The third-order valence-corrected chi connectivity index (χ3v) is 3.30. The minimum absolute atomic E-state index is 0.217. The molecule has 94 valence electrons. The summed E-state index contributed by atoms with van der Waals surface area (Å²) < 4.78 is 0. The van der Waals surface area contributed by atoms with Crippen molar-refractivity contribution < 1.29 is 9.90 Å². The lowest BCUT2D eigenvalue weighted by Gasteiger charge is -2.18. The summed E-state index contributed by atoms with van der Waals surface area (Å²) in [6, 6.07) is 0. The van der Waals surface area contributed by atoms with E-state index in [1.165, 1.54) is 19.3 Å². The van der Waals surface area contributed by atoms with Gasteiger partial charge in [0, 0.05) is 19.5 Å². The average molecular weight is 227 g/mol. The molecule has 0 aromatic carbocycles. The topological polar surface area (TPSA) is 40.5 Å². The van der Waals surface area contributed by atoms with E-state index in [-0.39, 0.29) is 5.91 Å². The van der Waals surface area contributed by atoms with Crippen molar-refractivity contribution in [2.45, 2.75) is 64.4 Å². The number of hydrogen-bond donors (Lipinski definition) is 1. The van der Waals surface area contributed by atoms with Gasteiger partial charge < -0.3 is 10.0 Å². The maximum Gasteiger partial charge on any atom is 0.222 e. The standard InChI is InChI=1S/C13H25NO2/c1-3-4-5-6-7-8-12(15)14-10-9-13(2,16)11-14/h16H,3-11H2,1-2H3. The zero-order valence-electron chi connectivity index (χ0n) is 10.7. The summed E-state index contributed by atoms with van der Waals surface area (Å²) in [6.07, 6.45) is 7.27. The van der Waals surface area contributed by atoms with E-state index in [4.69, 9.17) is 0 Å². The van der Waals surface area contributed by atoms with E-state index in [9.17, 15) is 9.90 Å². The van der Waals surface area contributed by atoms with Gasteiger partial charge in [0.2, 0.25) is 5.91 Å². The molecule has 0 spiro atoms. The SMILES string of the molecule is CCCCCCCC(=O)N1CCC(C)(O)C1. The van der Waals surface area contributed by atoms with Crippen LogP contribution in [0.5, 0.6) is 0 Å². The number of unbranched alkanes of at least 4 members (excludes halogenated alkanes) is 4. The predicted octanol–water partition coefficient (Wildman–Crippen LogP) is 2.33. The van der Waals surface area contributed by atoms with Crippen LogP contribution in [0.4, 0.5) is 0 Å². The Bertz CT molecular complexity index is 226. The molecule has 1 aliphatic heterocycles. The highest BCUT2D eigenvalue weighted by atomic mass is 16.3. The van der Waals surface area contributed by atoms with Crippen LogP contribution in [-0.2, 0) is 4.79 Å². The van der Waals surface area contributed by atoms with Gasteiger partial charge in [0.05, 0.1) is 5.60 Å². The smallest absolute Gasteiger partial charge is 0.222 e. The average Bonchev–Trinajstić information content (AvgIpc) is 2.58. The maximum absolute atomic E-state index is 11.8. The molecule has 0 aromatic rings. The van der Waals surface area contributed by atoms with Crippen molar-refractivity contribution in [3.63, 3.8) is 0 Å². The van der Waals surface area contributed by atoms with Crippen LogP contribution in [0.2, 0.25) is 0 Å². The number of carbonyl (C=O) groups is 1. The summed E-state index contributed by atoms with van der Waals surface area (Å²) >= 11 is 0. The van der Waals surface area contributed by atoms with Crippen LogP contribution in [0.25, 0.3) is 0 Å². The Balaban J connectivity index is 2.12. The van der Waals surface area contributed by atoms with E-state index in [0.717, 1.165) is 19.4 Å². The predicted molar refractivity (Wildman–Crippen MR) is 65.2 cm³/mol. The summed E-state index contributed by atoms with van der Waals surface area (Å²) in [4.78, 5) is 13.6. The molecular formula is C13H25NO2. The van der Waals surface area contributed by atoms with Crippen LogP contribution in [0, 0.1) is 0 Å². The minimum atomic E-state index is -0.655. The zero-order chi connectivity index (χ0) is 12.0. The van der Waals surface area contributed by atoms with Crippen LogP contribution in [-0.4, -0.2) is 34.6 Å². The molecule has 3 nitrogen and oxygen atoms in total. The Kier molecular flexibility index (Phi) is 5.26. The third kappa shape index (κ3) is 4.52. The zero-order valence-corrected chi connectivity index (χ0v) is 10.7. The van der Waals surface area contributed by atoms with Gasteiger partial charge in [-0.2, -0.15) is 0 Å². The number of hydrogen-bond acceptors (Lipinski definition) is 2. The number of β-amino-alcohol motifs (C(OH)–C–C–N with tert-alkyl or cyclic N) is 1. The molecule has 1 fully saturated rings. The van der Waals surface area contributed by atoms with Crippen LogP contribution >= 0.6 is 0 Å². The van der Waals surface area contributed by atoms with Crippen molar-refractivity contribution in [3.05, 3.63) is 0 Å². The van der Waals surface area contributed by atoms with Crippen LogP contribution in [0.15, 0.2) is 0 Å². The monoisotopic (exact) mass is 227 g/mol. The number of rotatable bonds is 6. The van der Waals surface area contributed by atoms with Crippen molar-refractivity contribution >= 4 is 5.91 Å². The fourth-order valence-corrected chi connectivity index (χ4v) is 2.20. The highest BCUT2D eigenvalue weighted by Gasteiger charge is 2.33. The molecule has 1 atom stereocenters. The Morgan fingerprint density at radius 3 is 2.56 bits per heavy atom. The minimum Gasteiger partial charge on any atom is -0.388 e. The summed E-state index contributed by atoms with van der Waals surface area (Å²) in [5, 5.41) is 9.76. The Hall–Kier alpha value is -0.570. The quantitative estimate of drug-likeness (QED) is 0.707. The van der Waals surface area contributed by atoms with E-state index in [2.05, 4.69) is 6.92 Å². The van der Waals surface area contributed by atoms with Gasteiger partial charge in [-0.3, -0.25) is 4.79 Å². The van der Waals surface area contributed by atoms with Crippen LogP contribution in [0.3, 0.4) is 0 Å². The Labute approximate surface area is 98.8 Å². The van der Waals surface area contributed by atoms with Gasteiger partial charge in [0.1, 0.15) is 0 Å². The summed E-state index contributed by atoms with van der Waals surface area (Å²) in [5.74, 6) is 0.217. The van der Waals surface area contributed by atoms with Crippen molar-refractivity contribution in [2.24, 2.45) is 0 Å². The highest BCUT2D eigenvalue weighted by Crippen LogP contribution is 2.21. The number of amides is 1. The van der Waals surface area contributed by atoms with Gasteiger partial charge >= 0.3 is 0 Å². The van der Waals surface area contributed by atoms with E-state index in [1.54, 1.807) is 4.90 Å². The van der Waals surface area contributed by atoms with Crippen molar-refractivity contribution in [2.75, 3.05) is 13.1 Å². The lowest BCUT2D eigenvalue weighted by atomic mass is 10.1. The second-order valence-electron chi connectivity index (χ2n) is 5.23. The van der Waals surface area contributed by atoms with Crippen molar-refractivity contribution in [3.8, 4) is 0 Å². The van der Waals surface area contributed by atoms with Gasteiger partial charge in [0.25, 0.3) is 0 Å². The van der Waals surface area contributed by atoms with Crippen molar-refractivity contribution in [1.29, 1.82) is 0 Å². The highest BCUT2D eigenvalue weighted by molar-refractivity contribution is 5.76. The number of likely N-dealkylation sites (tertiary alicyclic amines) is 1. The van der Waals surface area contributed by atoms with Gasteiger partial charge in [-0.15, -0.1) is 0 Å². The van der Waals surface area contributed by atoms with Crippen LogP contribution in [0.1, 0.15) is 58.8 Å². The molecule has 1 amide bonds. The normalized spacial score (nSPS) is 25.1. The molecule has 0 aromatic heterocycles. The van der Waals surface area contributed by atoms with Gasteiger partial charge in [-0.1, -0.05) is 32.6 Å². The third-order valence-electron chi connectivity index (χ3n) is 3.30. The van der Waals surface area contributed by atoms with E-state index in [1.807, 2.05) is 6.92 Å². The van der Waals surface area contributed by atoms with E-state index < -0.39 is 5.60 Å².